The number of piperidine rings is 1. The molecule has 4 aromatic rings. The summed E-state index contributed by atoms with van der Waals surface area (Å²) >= 11 is 1.50. The fourth-order valence-corrected chi connectivity index (χ4v) is 4.85. The number of aromatic nitrogens is 3. The molecule has 32 heavy (non-hydrogen) atoms. The van der Waals surface area contributed by atoms with Crippen molar-refractivity contribution < 1.29 is 4.79 Å². The predicted molar refractivity (Wildman–Crippen MR) is 127 cm³/mol. The third-order valence-corrected chi connectivity index (χ3v) is 6.57. The second kappa shape index (κ2) is 9.42. The van der Waals surface area contributed by atoms with Crippen molar-refractivity contribution in [2.75, 3.05) is 18.4 Å². The number of nitrogens with zero attached hydrogens (tertiary/aromatic N) is 4. The van der Waals surface area contributed by atoms with Gasteiger partial charge in [-0.05, 0) is 42.7 Å². The van der Waals surface area contributed by atoms with Gasteiger partial charge in [0, 0.05) is 37.4 Å². The Balaban J connectivity index is 1.18. The highest BCUT2D eigenvalue weighted by Crippen LogP contribution is 2.28. The Kier molecular flexibility index (Phi) is 6.04. The van der Waals surface area contributed by atoms with Crippen molar-refractivity contribution >= 4 is 38.4 Å². The van der Waals surface area contributed by atoms with Gasteiger partial charge in [-0.3, -0.25) is 9.69 Å². The first-order valence-electron chi connectivity index (χ1n) is 10.7. The van der Waals surface area contributed by atoms with Crippen molar-refractivity contribution in [2.24, 2.45) is 0 Å². The smallest absolute Gasteiger partial charge is 0.251 e. The molecule has 0 bridgehead atoms. The number of thiazole rings is 1. The van der Waals surface area contributed by atoms with E-state index >= 15 is 0 Å². The topological polar surface area (TPSA) is 83.0 Å². The molecule has 1 fully saturated rings. The Hall–Kier alpha value is -3.36. The summed E-state index contributed by atoms with van der Waals surface area (Å²) in [6.45, 7) is 2.95. The number of hydrogen-bond acceptors (Lipinski definition) is 7. The van der Waals surface area contributed by atoms with Gasteiger partial charge in [-0.1, -0.05) is 41.7 Å². The molecule has 3 heterocycles. The molecule has 2 aromatic heterocycles. The van der Waals surface area contributed by atoms with Crippen LogP contribution in [-0.2, 0) is 6.54 Å². The van der Waals surface area contributed by atoms with Gasteiger partial charge in [-0.2, -0.15) is 0 Å². The van der Waals surface area contributed by atoms with E-state index < -0.39 is 0 Å². The fourth-order valence-electron chi connectivity index (χ4n) is 3.94. The van der Waals surface area contributed by atoms with E-state index in [0.29, 0.717) is 11.4 Å². The molecule has 162 valence electrons. The van der Waals surface area contributed by atoms with Gasteiger partial charge in [-0.15, -0.1) is 0 Å². The number of benzene rings is 2. The zero-order valence-electron chi connectivity index (χ0n) is 17.6. The number of hydrogen-bond donors (Lipinski definition) is 2. The molecule has 0 spiro atoms. The van der Waals surface area contributed by atoms with Gasteiger partial charge in [0.05, 0.1) is 10.2 Å². The van der Waals surface area contributed by atoms with Crippen LogP contribution in [0.1, 0.15) is 28.8 Å². The molecule has 8 heteroatoms. The standard InChI is InChI=1S/C24H24N6OS/c31-23(27-19-9-12-30(13-10-19)15-17-4-2-1-3-5-17)18-6-7-20-21(14-18)32-24(28-20)29-22-8-11-25-16-26-22/h1-8,11,14,16,19H,9-10,12-13,15H2,(H,27,31)(H,25,26,28,29). The minimum absolute atomic E-state index is 0.0212. The van der Waals surface area contributed by atoms with Crippen LogP contribution in [0.2, 0.25) is 0 Å². The summed E-state index contributed by atoms with van der Waals surface area (Å²) in [7, 11) is 0. The number of carbonyl (C=O) groups is 1. The normalized spacial score (nSPS) is 15.0. The van der Waals surface area contributed by atoms with E-state index in [1.165, 1.54) is 23.2 Å². The first kappa shape index (κ1) is 20.5. The second-order valence-electron chi connectivity index (χ2n) is 7.93. The van der Waals surface area contributed by atoms with Gasteiger partial charge in [0.15, 0.2) is 5.13 Å². The molecule has 1 amide bonds. The third kappa shape index (κ3) is 4.92. The average Bonchev–Trinajstić information content (AvgIpc) is 3.23. The van der Waals surface area contributed by atoms with Crippen molar-refractivity contribution in [3.05, 3.63) is 78.2 Å². The van der Waals surface area contributed by atoms with Crippen LogP contribution in [0, 0.1) is 0 Å². The maximum absolute atomic E-state index is 12.9. The number of fused-ring (bicyclic) bond motifs is 1. The highest BCUT2D eigenvalue weighted by molar-refractivity contribution is 7.22. The van der Waals surface area contributed by atoms with E-state index in [1.807, 2.05) is 24.3 Å². The molecule has 7 nitrogen and oxygen atoms in total. The molecular weight excluding hydrogens is 420 g/mol. The summed E-state index contributed by atoms with van der Waals surface area (Å²) < 4.78 is 0.965. The maximum atomic E-state index is 12.9. The Morgan fingerprint density at radius 1 is 1.09 bits per heavy atom. The Morgan fingerprint density at radius 3 is 2.72 bits per heavy atom. The summed E-state index contributed by atoms with van der Waals surface area (Å²) in [5, 5.41) is 7.14. The van der Waals surface area contributed by atoms with Crippen LogP contribution in [-0.4, -0.2) is 44.9 Å². The van der Waals surface area contributed by atoms with Crippen LogP contribution in [0.3, 0.4) is 0 Å². The van der Waals surface area contributed by atoms with Crippen LogP contribution in [0.5, 0.6) is 0 Å². The summed E-state index contributed by atoms with van der Waals surface area (Å²) in [5.74, 6) is 0.669. The molecule has 1 aliphatic heterocycles. The summed E-state index contributed by atoms with van der Waals surface area (Å²) in [5.41, 5.74) is 2.86. The van der Waals surface area contributed by atoms with Gasteiger partial charge >= 0.3 is 0 Å². The number of anilines is 2. The number of likely N-dealkylation sites (tertiary alicyclic amines) is 1. The lowest BCUT2D eigenvalue weighted by atomic mass is 10.0. The zero-order chi connectivity index (χ0) is 21.8. The summed E-state index contributed by atoms with van der Waals surface area (Å²) in [4.78, 5) is 28.0. The lowest BCUT2D eigenvalue weighted by Crippen LogP contribution is -2.44. The van der Waals surface area contributed by atoms with Gasteiger partial charge in [-0.25, -0.2) is 15.0 Å². The lowest BCUT2D eigenvalue weighted by molar-refractivity contribution is 0.0909. The molecular formula is C24H24N6OS. The van der Waals surface area contributed by atoms with Crippen LogP contribution < -0.4 is 10.6 Å². The van der Waals surface area contributed by atoms with Gasteiger partial charge < -0.3 is 10.6 Å². The van der Waals surface area contributed by atoms with E-state index in [1.54, 1.807) is 12.3 Å². The van der Waals surface area contributed by atoms with Crippen molar-refractivity contribution in [3.8, 4) is 0 Å². The minimum atomic E-state index is -0.0212. The van der Waals surface area contributed by atoms with Gasteiger partial charge in [0.25, 0.3) is 5.91 Å². The Bertz CT molecular complexity index is 1190. The van der Waals surface area contributed by atoms with E-state index in [2.05, 4.69) is 54.8 Å². The van der Waals surface area contributed by atoms with E-state index in [9.17, 15) is 4.79 Å². The molecule has 1 aliphatic rings. The van der Waals surface area contributed by atoms with E-state index in [0.717, 1.165) is 47.8 Å². The molecule has 1 saturated heterocycles. The average molecular weight is 445 g/mol. The maximum Gasteiger partial charge on any atom is 0.251 e. The third-order valence-electron chi connectivity index (χ3n) is 5.64. The quantitative estimate of drug-likeness (QED) is 0.463. The summed E-state index contributed by atoms with van der Waals surface area (Å²) in [6, 6.07) is 18.2. The number of amides is 1. The Morgan fingerprint density at radius 2 is 1.94 bits per heavy atom. The highest BCUT2D eigenvalue weighted by atomic mass is 32.1. The molecule has 0 unspecified atom stereocenters. The largest absolute Gasteiger partial charge is 0.349 e. The highest BCUT2D eigenvalue weighted by Gasteiger charge is 2.21. The van der Waals surface area contributed by atoms with Gasteiger partial charge in [0.1, 0.15) is 12.1 Å². The first-order chi connectivity index (χ1) is 15.7. The van der Waals surface area contributed by atoms with Crippen LogP contribution >= 0.6 is 11.3 Å². The lowest BCUT2D eigenvalue weighted by Gasteiger charge is -2.32. The number of carbonyl (C=O) groups excluding carboxylic acids is 1. The molecule has 2 N–H and O–H groups in total. The predicted octanol–water partition coefficient (Wildman–Crippen LogP) is 4.22. The van der Waals surface area contributed by atoms with Crippen LogP contribution in [0.25, 0.3) is 10.2 Å². The zero-order valence-corrected chi connectivity index (χ0v) is 18.4. The molecule has 0 aliphatic carbocycles. The first-order valence-corrected chi connectivity index (χ1v) is 11.6. The van der Waals surface area contributed by atoms with Crippen molar-refractivity contribution in [3.63, 3.8) is 0 Å². The fraction of sp³-hybridized carbons (Fsp3) is 0.250. The van der Waals surface area contributed by atoms with Crippen LogP contribution in [0.4, 0.5) is 10.9 Å². The number of rotatable bonds is 6. The molecule has 0 atom stereocenters. The SMILES string of the molecule is O=C(NC1CCN(Cc2ccccc2)CC1)c1ccc2nc(Nc3ccncn3)sc2c1. The minimum Gasteiger partial charge on any atom is -0.349 e. The van der Waals surface area contributed by atoms with E-state index in [-0.39, 0.29) is 11.9 Å². The molecule has 2 aromatic carbocycles. The monoisotopic (exact) mass is 444 g/mol. The molecule has 0 radical (unpaired) electrons. The van der Waals surface area contributed by atoms with E-state index in [4.69, 9.17) is 0 Å². The number of nitrogens with one attached hydrogen (secondary N) is 2. The van der Waals surface area contributed by atoms with Crippen molar-refractivity contribution in [1.29, 1.82) is 0 Å². The second-order valence-corrected chi connectivity index (χ2v) is 8.96. The van der Waals surface area contributed by atoms with Gasteiger partial charge in [0.2, 0.25) is 0 Å². The molecule has 5 rings (SSSR count). The molecule has 0 saturated carbocycles. The summed E-state index contributed by atoms with van der Waals surface area (Å²) in [6.07, 6.45) is 5.10. The Labute approximate surface area is 190 Å². The van der Waals surface area contributed by atoms with Crippen molar-refractivity contribution in [2.45, 2.75) is 25.4 Å². The van der Waals surface area contributed by atoms with Crippen molar-refractivity contribution in [1.82, 2.24) is 25.2 Å². The van der Waals surface area contributed by atoms with Crippen LogP contribution in [0.15, 0.2) is 67.1 Å².